The summed E-state index contributed by atoms with van der Waals surface area (Å²) >= 11 is 0. The third kappa shape index (κ3) is 2.60. The molecule has 0 atom stereocenters. The molecule has 0 aromatic heterocycles. The summed E-state index contributed by atoms with van der Waals surface area (Å²) < 4.78 is 5.95. The van der Waals surface area contributed by atoms with Gasteiger partial charge in [0.15, 0.2) is 0 Å². The van der Waals surface area contributed by atoms with Gasteiger partial charge in [0.25, 0.3) is 0 Å². The number of aryl methyl sites for hydroxylation is 2. The third-order valence-corrected chi connectivity index (χ3v) is 3.15. The molecule has 0 bridgehead atoms. The van der Waals surface area contributed by atoms with Crippen LogP contribution in [0.25, 0.3) is 10.8 Å². The fourth-order valence-corrected chi connectivity index (χ4v) is 2.36. The average molecular weight is 248 g/mol. The number of ether oxygens (including phenoxy) is 1. The van der Waals surface area contributed by atoms with E-state index in [2.05, 4.69) is 56.3 Å². The monoisotopic (exact) mass is 248 g/mol. The van der Waals surface area contributed by atoms with Crippen molar-refractivity contribution in [2.75, 3.05) is 0 Å². The molecule has 0 aliphatic heterocycles. The highest BCUT2D eigenvalue weighted by molar-refractivity contribution is 5.83. The van der Waals surface area contributed by atoms with Gasteiger partial charge in [0.2, 0.25) is 0 Å². The van der Waals surface area contributed by atoms with Crippen LogP contribution in [0.15, 0.2) is 60.7 Å². The first-order valence-corrected chi connectivity index (χ1v) is 6.46. The van der Waals surface area contributed by atoms with E-state index in [9.17, 15) is 0 Å². The van der Waals surface area contributed by atoms with E-state index in [0.29, 0.717) is 0 Å². The molecule has 0 N–H and O–H groups in total. The molecular formula is C18H16O. The highest BCUT2D eigenvalue weighted by atomic mass is 16.5. The van der Waals surface area contributed by atoms with Crippen LogP contribution in [0.5, 0.6) is 11.5 Å². The van der Waals surface area contributed by atoms with Crippen molar-refractivity contribution in [3.63, 3.8) is 0 Å². The SMILES string of the molecule is Cc1cc(C)cc(Oc2ccc3ccccc3c2)c1. The quantitative estimate of drug-likeness (QED) is 0.602. The molecule has 0 spiro atoms. The molecule has 94 valence electrons. The Bertz CT molecular complexity index is 708. The first-order chi connectivity index (χ1) is 9.20. The van der Waals surface area contributed by atoms with E-state index in [1.54, 1.807) is 0 Å². The van der Waals surface area contributed by atoms with Gasteiger partial charge in [-0.1, -0.05) is 36.4 Å². The molecule has 1 nitrogen and oxygen atoms in total. The summed E-state index contributed by atoms with van der Waals surface area (Å²) in [5, 5.41) is 2.43. The van der Waals surface area contributed by atoms with E-state index in [1.807, 2.05) is 18.2 Å². The second-order valence-electron chi connectivity index (χ2n) is 4.93. The van der Waals surface area contributed by atoms with Crippen LogP contribution in [0.3, 0.4) is 0 Å². The Morgan fingerprint density at radius 3 is 2.05 bits per heavy atom. The fourth-order valence-electron chi connectivity index (χ4n) is 2.36. The smallest absolute Gasteiger partial charge is 0.128 e. The van der Waals surface area contributed by atoms with E-state index < -0.39 is 0 Å². The van der Waals surface area contributed by atoms with Gasteiger partial charge in [-0.25, -0.2) is 0 Å². The second-order valence-corrected chi connectivity index (χ2v) is 4.93. The van der Waals surface area contributed by atoms with Crippen molar-refractivity contribution < 1.29 is 4.74 Å². The highest BCUT2D eigenvalue weighted by Crippen LogP contribution is 2.26. The Morgan fingerprint density at radius 2 is 1.32 bits per heavy atom. The molecule has 0 heterocycles. The van der Waals surface area contributed by atoms with Crippen LogP contribution in [0.1, 0.15) is 11.1 Å². The maximum absolute atomic E-state index is 5.95. The molecule has 19 heavy (non-hydrogen) atoms. The second kappa shape index (κ2) is 4.77. The number of hydrogen-bond acceptors (Lipinski definition) is 1. The predicted molar refractivity (Wildman–Crippen MR) is 79.9 cm³/mol. The van der Waals surface area contributed by atoms with Gasteiger partial charge >= 0.3 is 0 Å². The maximum atomic E-state index is 5.95. The van der Waals surface area contributed by atoms with E-state index in [0.717, 1.165) is 11.5 Å². The maximum Gasteiger partial charge on any atom is 0.128 e. The molecule has 3 aromatic carbocycles. The van der Waals surface area contributed by atoms with Gasteiger partial charge in [-0.3, -0.25) is 0 Å². The van der Waals surface area contributed by atoms with Gasteiger partial charge in [0, 0.05) is 0 Å². The minimum Gasteiger partial charge on any atom is -0.457 e. The lowest BCUT2D eigenvalue weighted by Gasteiger charge is -2.08. The van der Waals surface area contributed by atoms with E-state index in [-0.39, 0.29) is 0 Å². The zero-order valence-electron chi connectivity index (χ0n) is 11.2. The van der Waals surface area contributed by atoms with Crippen molar-refractivity contribution >= 4 is 10.8 Å². The zero-order valence-corrected chi connectivity index (χ0v) is 11.2. The summed E-state index contributed by atoms with van der Waals surface area (Å²) in [5.41, 5.74) is 2.44. The molecule has 1 heteroatoms. The first-order valence-electron chi connectivity index (χ1n) is 6.46. The molecule has 0 aliphatic rings. The van der Waals surface area contributed by atoms with Crippen LogP contribution >= 0.6 is 0 Å². The predicted octanol–water partition coefficient (Wildman–Crippen LogP) is 5.25. The molecular weight excluding hydrogens is 232 g/mol. The number of benzene rings is 3. The Morgan fingerprint density at radius 1 is 0.632 bits per heavy atom. The molecule has 0 saturated carbocycles. The van der Waals surface area contributed by atoms with Crippen LogP contribution in [-0.4, -0.2) is 0 Å². The molecule has 0 saturated heterocycles. The number of fused-ring (bicyclic) bond motifs is 1. The van der Waals surface area contributed by atoms with Crippen LogP contribution in [0, 0.1) is 13.8 Å². The van der Waals surface area contributed by atoms with E-state index >= 15 is 0 Å². The van der Waals surface area contributed by atoms with Crippen LogP contribution in [-0.2, 0) is 0 Å². The normalized spacial score (nSPS) is 10.6. The minimum atomic E-state index is 0.878. The van der Waals surface area contributed by atoms with Crippen molar-refractivity contribution in [2.45, 2.75) is 13.8 Å². The Balaban J connectivity index is 1.96. The lowest BCUT2D eigenvalue weighted by molar-refractivity contribution is 0.482. The molecule has 0 unspecified atom stereocenters. The Hall–Kier alpha value is -2.28. The van der Waals surface area contributed by atoms with Gasteiger partial charge < -0.3 is 4.74 Å². The number of rotatable bonds is 2. The topological polar surface area (TPSA) is 9.23 Å². The summed E-state index contributed by atoms with van der Waals surface area (Å²) in [7, 11) is 0. The summed E-state index contributed by atoms with van der Waals surface area (Å²) in [5.74, 6) is 1.77. The van der Waals surface area contributed by atoms with Crippen LogP contribution in [0.4, 0.5) is 0 Å². The van der Waals surface area contributed by atoms with Crippen molar-refractivity contribution in [3.8, 4) is 11.5 Å². The van der Waals surface area contributed by atoms with Crippen molar-refractivity contribution in [2.24, 2.45) is 0 Å². The minimum absolute atomic E-state index is 0.878. The average Bonchev–Trinajstić information content (AvgIpc) is 2.37. The lowest BCUT2D eigenvalue weighted by Crippen LogP contribution is -1.86. The first kappa shape index (κ1) is 11.8. The van der Waals surface area contributed by atoms with Crippen molar-refractivity contribution in [1.82, 2.24) is 0 Å². The van der Waals surface area contributed by atoms with E-state index in [4.69, 9.17) is 4.74 Å². The highest BCUT2D eigenvalue weighted by Gasteiger charge is 2.01. The van der Waals surface area contributed by atoms with Crippen LogP contribution < -0.4 is 4.74 Å². The zero-order chi connectivity index (χ0) is 13.2. The van der Waals surface area contributed by atoms with Gasteiger partial charge in [-0.05, 0) is 60.0 Å². The molecule has 0 fully saturated rings. The molecule has 3 aromatic rings. The van der Waals surface area contributed by atoms with Crippen LogP contribution in [0.2, 0.25) is 0 Å². The summed E-state index contributed by atoms with van der Waals surface area (Å²) in [6.07, 6.45) is 0. The van der Waals surface area contributed by atoms with Crippen molar-refractivity contribution in [3.05, 3.63) is 71.8 Å². The molecule has 0 aliphatic carbocycles. The Kier molecular flexibility index (Phi) is 2.96. The lowest BCUT2D eigenvalue weighted by atomic mass is 10.1. The Labute approximate surface area is 113 Å². The van der Waals surface area contributed by atoms with Crippen molar-refractivity contribution in [1.29, 1.82) is 0 Å². The third-order valence-electron chi connectivity index (χ3n) is 3.15. The summed E-state index contributed by atoms with van der Waals surface area (Å²) in [6, 6.07) is 20.7. The summed E-state index contributed by atoms with van der Waals surface area (Å²) in [6.45, 7) is 4.17. The molecule has 3 rings (SSSR count). The summed E-state index contributed by atoms with van der Waals surface area (Å²) in [4.78, 5) is 0. The molecule has 0 radical (unpaired) electrons. The van der Waals surface area contributed by atoms with Gasteiger partial charge in [-0.2, -0.15) is 0 Å². The van der Waals surface area contributed by atoms with E-state index in [1.165, 1.54) is 21.9 Å². The largest absolute Gasteiger partial charge is 0.457 e. The van der Waals surface area contributed by atoms with Gasteiger partial charge in [0.05, 0.1) is 0 Å². The number of hydrogen-bond donors (Lipinski definition) is 0. The fraction of sp³-hybridized carbons (Fsp3) is 0.111. The van der Waals surface area contributed by atoms with Gasteiger partial charge in [-0.15, -0.1) is 0 Å². The standard InChI is InChI=1S/C18H16O/c1-13-9-14(2)11-18(10-13)19-17-8-7-15-5-3-4-6-16(15)12-17/h3-12H,1-2H3. The molecule has 0 amide bonds. The van der Waals surface area contributed by atoms with Gasteiger partial charge in [0.1, 0.15) is 11.5 Å².